The van der Waals surface area contributed by atoms with Gasteiger partial charge in [0.15, 0.2) is 0 Å². The van der Waals surface area contributed by atoms with Crippen LogP contribution in [0.2, 0.25) is 0 Å². The van der Waals surface area contributed by atoms with Crippen molar-refractivity contribution in [2.24, 2.45) is 0 Å². The van der Waals surface area contributed by atoms with Crippen molar-refractivity contribution >= 4 is 35.0 Å². The van der Waals surface area contributed by atoms with Gasteiger partial charge in [-0.3, -0.25) is 24.0 Å². The molecular formula is C39H68N4O6. The van der Waals surface area contributed by atoms with Crippen LogP contribution in [0.15, 0.2) is 30.3 Å². The molecule has 1 aliphatic carbocycles. The number of carbonyl (C=O) groups excluding carboxylic acids is 5. The van der Waals surface area contributed by atoms with Crippen LogP contribution < -0.4 is 16.0 Å². The molecule has 4 rings (SSSR count). The van der Waals surface area contributed by atoms with Crippen molar-refractivity contribution in [1.29, 1.82) is 0 Å². The van der Waals surface area contributed by atoms with Crippen LogP contribution in [0.4, 0.5) is 0 Å². The van der Waals surface area contributed by atoms with Gasteiger partial charge in [-0.1, -0.05) is 105 Å². The highest BCUT2D eigenvalue weighted by Crippen LogP contribution is 2.35. The first-order chi connectivity index (χ1) is 23.6. The molecule has 0 spiro atoms. The molecule has 1 aromatic carbocycles. The Morgan fingerprint density at radius 2 is 1.41 bits per heavy atom. The van der Waals surface area contributed by atoms with Gasteiger partial charge in [0.2, 0.25) is 23.6 Å². The second-order valence-electron chi connectivity index (χ2n) is 11.3. The first kappa shape index (κ1) is 47.6. The van der Waals surface area contributed by atoms with Crippen molar-refractivity contribution in [2.75, 3.05) is 33.3 Å². The molecule has 3 N–H and O–H groups in total. The van der Waals surface area contributed by atoms with Gasteiger partial charge in [-0.25, -0.2) is 0 Å². The number of hydrogen-bond acceptors (Lipinski definition) is 6. The number of benzene rings is 1. The standard InChI is InChI=1S/C12H18N4O4.C11H12O.C8H16O.C4H10.2C2H6/c17-9-5-13-10(18)6-15-12(20)8-3-1-2-4-16(8)11(19)7-14-9;1-8-7-11(12-2)10-6-4-3-5-9(8)10;1-3-5-6-7-8(9)4-2;1-3-4-2;2*1-2/h8H,1-7H2,(H,13,18)(H,14,17)(H,15,20);3-7,11H,1-2H3;3-7H2,1-2H3;3-4H2,1-2H3;2*1-2H3. The summed E-state index contributed by atoms with van der Waals surface area (Å²) in [6.07, 6.45) is 12.2. The number of fused-ring (bicyclic) bond motifs is 2. The number of ether oxygens (including phenoxy) is 1. The maximum absolute atomic E-state index is 12.1. The first-order valence-electron chi connectivity index (χ1n) is 18.6. The van der Waals surface area contributed by atoms with Crippen molar-refractivity contribution in [3.8, 4) is 0 Å². The summed E-state index contributed by atoms with van der Waals surface area (Å²) in [5, 5.41) is 7.32. The normalized spacial score (nSPS) is 18.1. The number of rotatable bonds is 7. The second-order valence-corrected chi connectivity index (χ2v) is 11.3. The Hall–Kier alpha value is -3.53. The SMILES string of the molecule is CC.CC.CCCC.CCCCCC(=O)CC.COC1C=C(C)c2ccccc21.O=C1CNC(=O)CNC(=O)C2CCCCN2C(=O)CN1. The number of amides is 4. The Bertz CT molecular complexity index is 1080. The summed E-state index contributed by atoms with van der Waals surface area (Å²) >= 11 is 0. The summed E-state index contributed by atoms with van der Waals surface area (Å²) in [5.41, 5.74) is 3.93. The number of allylic oxidation sites excluding steroid dienone is 1. The lowest BCUT2D eigenvalue weighted by Crippen LogP contribution is -2.56. The van der Waals surface area contributed by atoms with E-state index in [4.69, 9.17) is 4.74 Å². The molecule has 0 saturated carbocycles. The molecule has 2 unspecified atom stereocenters. The number of carbonyl (C=O) groups is 5. The Balaban J connectivity index is 0. The first-order valence-corrected chi connectivity index (χ1v) is 18.6. The minimum atomic E-state index is -0.555. The third kappa shape index (κ3) is 19.9. The minimum Gasteiger partial charge on any atom is -0.373 e. The second kappa shape index (κ2) is 30.5. The number of unbranched alkanes of at least 4 members (excludes halogenated alkanes) is 3. The summed E-state index contributed by atoms with van der Waals surface area (Å²) < 4.78 is 5.33. The number of methoxy groups -OCH3 is 1. The fourth-order valence-electron chi connectivity index (χ4n) is 4.82. The summed E-state index contributed by atoms with van der Waals surface area (Å²) in [4.78, 5) is 59.1. The number of hydrogen-bond donors (Lipinski definition) is 3. The number of piperidine rings is 1. The van der Waals surface area contributed by atoms with Gasteiger partial charge >= 0.3 is 0 Å². The van der Waals surface area contributed by atoms with E-state index in [1.807, 2.05) is 34.6 Å². The lowest BCUT2D eigenvalue weighted by Gasteiger charge is -2.35. The van der Waals surface area contributed by atoms with Crippen molar-refractivity contribution in [1.82, 2.24) is 20.9 Å². The van der Waals surface area contributed by atoms with Crippen LogP contribution in [0.1, 0.15) is 144 Å². The van der Waals surface area contributed by atoms with Gasteiger partial charge in [0.05, 0.1) is 19.6 Å². The van der Waals surface area contributed by atoms with Gasteiger partial charge in [-0.2, -0.15) is 0 Å². The Morgan fingerprint density at radius 1 is 0.816 bits per heavy atom. The zero-order valence-corrected chi connectivity index (χ0v) is 32.3. The van der Waals surface area contributed by atoms with E-state index in [2.05, 4.69) is 74.0 Å². The number of nitrogens with zero attached hydrogens (tertiary/aromatic N) is 1. The quantitative estimate of drug-likeness (QED) is 0.266. The Kier molecular flexibility index (Phi) is 29.6. The molecule has 0 radical (unpaired) electrons. The molecule has 10 heteroatoms. The molecule has 2 fully saturated rings. The Labute approximate surface area is 297 Å². The predicted molar refractivity (Wildman–Crippen MR) is 201 cm³/mol. The zero-order valence-electron chi connectivity index (χ0n) is 32.3. The zero-order chi connectivity index (χ0) is 37.6. The summed E-state index contributed by atoms with van der Waals surface area (Å²) in [5.74, 6) is -1.04. The number of nitrogens with one attached hydrogen (secondary N) is 3. The van der Waals surface area contributed by atoms with Crippen molar-refractivity contribution in [3.63, 3.8) is 0 Å². The topological polar surface area (TPSA) is 134 Å². The highest BCUT2D eigenvalue weighted by Gasteiger charge is 2.32. The fraction of sp³-hybridized carbons (Fsp3) is 0.667. The van der Waals surface area contributed by atoms with E-state index < -0.39 is 17.9 Å². The van der Waals surface area contributed by atoms with Gasteiger partial charge in [0.1, 0.15) is 17.9 Å². The van der Waals surface area contributed by atoms with Crippen molar-refractivity contribution in [2.45, 2.75) is 139 Å². The van der Waals surface area contributed by atoms with Gasteiger partial charge in [-0.15, -0.1) is 0 Å². The predicted octanol–water partition coefficient (Wildman–Crippen LogP) is 6.93. The molecule has 2 saturated heterocycles. The molecule has 49 heavy (non-hydrogen) atoms. The maximum Gasteiger partial charge on any atom is 0.243 e. The lowest BCUT2D eigenvalue weighted by molar-refractivity contribution is -0.143. The van der Waals surface area contributed by atoms with E-state index in [0.717, 1.165) is 25.7 Å². The summed E-state index contributed by atoms with van der Waals surface area (Å²) in [6, 6.07) is 7.82. The maximum atomic E-state index is 12.1. The van der Waals surface area contributed by atoms with Crippen molar-refractivity contribution in [3.05, 3.63) is 41.5 Å². The van der Waals surface area contributed by atoms with Crippen LogP contribution in [0, 0.1) is 0 Å². The van der Waals surface area contributed by atoms with Crippen LogP contribution in [0.5, 0.6) is 0 Å². The summed E-state index contributed by atoms with van der Waals surface area (Å²) in [7, 11) is 1.75. The molecule has 0 aromatic heterocycles. The highest BCUT2D eigenvalue weighted by atomic mass is 16.5. The third-order valence-corrected chi connectivity index (χ3v) is 7.73. The average molecular weight is 689 g/mol. The summed E-state index contributed by atoms with van der Waals surface area (Å²) in [6.45, 7) is 18.5. The number of ketones is 1. The molecule has 2 atom stereocenters. The lowest BCUT2D eigenvalue weighted by atomic mass is 10.0. The average Bonchev–Trinajstić information content (AvgIpc) is 3.49. The third-order valence-electron chi connectivity index (χ3n) is 7.73. The van der Waals surface area contributed by atoms with E-state index in [-0.39, 0.29) is 37.6 Å². The largest absolute Gasteiger partial charge is 0.373 e. The molecular weight excluding hydrogens is 620 g/mol. The molecule has 2 heterocycles. The Morgan fingerprint density at radius 3 is 1.98 bits per heavy atom. The van der Waals surface area contributed by atoms with E-state index in [1.54, 1.807) is 7.11 Å². The highest BCUT2D eigenvalue weighted by molar-refractivity contribution is 5.94. The van der Waals surface area contributed by atoms with Crippen LogP contribution in [-0.2, 0) is 28.7 Å². The van der Waals surface area contributed by atoms with Crippen LogP contribution in [-0.4, -0.2) is 73.6 Å². The smallest absolute Gasteiger partial charge is 0.243 e. The van der Waals surface area contributed by atoms with E-state index in [1.165, 1.54) is 47.3 Å². The molecule has 0 bridgehead atoms. The monoisotopic (exact) mass is 689 g/mol. The van der Waals surface area contributed by atoms with Crippen LogP contribution in [0.3, 0.4) is 0 Å². The van der Waals surface area contributed by atoms with Crippen LogP contribution >= 0.6 is 0 Å². The van der Waals surface area contributed by atoms with Gasteiger partial charge in [0.25, 0.3) is 0 Å². The van der Waals surface area contributed by atoms with Crippen molar-refractivity contribution < 1.29 is 28.7 Å². The fourth-order valence-corrected chi connectivity index (χ4v) is 4.82. The van der Waals surface area contributed by atoms with E-state index >= 15 is 0 Å². The molecule has 1 aromatic rings. The molecule has 3 aliphatic rings. The number of Topliss-reactive ketones (excluding diaryl/α,β-unsaturated/α-hetero) is 1. The van der Waals surface area contributed by atoms with Gasteiger partial charge in [-0.05, 0) is 55.4 Å². The van der Waals surface area contributed by atoms with E-state index in [0.29, 0.717) is 25.2 Å². The molecule has 280 valence electrons. The molecule has 10 nitrogen and oxygen atoms in total. The molecule has 4 amide bonds. The van der Waals surface area contributed by atoms with Gasteiger partial charge in [0, 0.05) is 26.5 Å². The minimum absolute atomic E-state index is 0.154. The van der Waals surface area contributed by atoms with Crippen LogP contribution in [0.25, 0.3) is 5.57 Å². The molecule has 2 aliphatic heterocycles. The van der Waals surface area contributed by atoms with Gasteiger partial charge < -0.3 is 25.6 Å². The van der Waals surface area contributed by atoms with E-state index in [9.17, 15) is 24.0 Å².